The summed E-state index contributed by atoms with van der Waals surface area (Å²) in [6.45, 7) is 1.93. The van der Waals surface area contributed by atoms with Crippen LogP contribution >= 0.6 is 23.1 Å². The number of nitrogens with zero attached hydrogens (tertiary/aromatic N) is 1. The number of rotatable bonds is 5. The number of nitrogens with two attached hydrogens (primary N) is 1. The Bertz CT molecular complexity index is 615. The fourth-order valence-electron chi connectivity index (χ4n) is 1.48. The average Bonchev–Trinajstić information content (AvgIpc) is 2.80. The van der Waals surface area contributed by atoms with E-state index in [0.29, 0.717) is 11.4 Å². The Morgan fingerprint density at radius 1 is 1.55 bits per heavy atom. The summed E-state index contributed by atoms with van der Waals surface area (Å²) in [5.74, 6) is -0.131. The first-order valence-electron chi connectivity index (χ1n) is 5.94. The molecule has 0 aliphatic rings. The van der Waals surface area contributed by atoms with Crippen molar-refractivity contribution in [2.24, 2.45) is 0 Å². The fourth-order valence-corrected chi connectivity index (χ4v) is 3.34. The minimum Gasteiger partial charge on any atom is -0.399 e. The Hall–Kier alpha value is -1.60. The highest BCUT2D eigenvalue weighted by atomic mass is 32.2. The highest BCUT2D eigenvalue weighted by molar-refractivity contribution is 8.01. The predicted molar refractivity (Wildman–Crippen MR) is 81.6 cm³/mol. The zero-order chi connectivity index (χ0) is 14.5. The third-order valence-corrected chi connectivity index (χ3v) is 4.56. The smallest absolute Gasteiger partial charge is 0.225 e. The number of nitrogen functional groups attached to an aromatic ring is 1. The maximum atomic E-state index is 13.4. The van der Waals surface area contributed by atoms with Crippen molar-refractivity contribution < 1.29 is 9.18 Å². The number of halogens is 1. The summed E-state index contributed by atoms with van der Waals surface area (Å²) in [5.41, 5.74) is 7.06. The molecule has 1 heterocycles. The first-order chi connectivity index (χ1) is 9.54. The number of hydrogen-bond acceptors (Lipinski definition) is 5. The molecule has 2 aromatic rings. The summed E-state index contributed by atoms with van der Waals surface area (Å²) < 4.78 is 14.4. The highest BCUT2D eigenvalue weighted by Gasteiger charge is 2.08. The van der Waals surface area contributed by atoms with E-state index in [1.807, 2.05) is 12.3 Å². The number of benzene rings is 1. The minimum atomic E-state index is -0.490. The molecule has 0 bridgehead atoms. The van der Waals surface area contributed by atoms with Gasteiger partial charge in [0, 0.05) is 28.9 Å². The largest absolute Gasteiger partial charge is 0.399 e. The van der Waals surface area contributed by atoms with Gasteiger partial charge in [-0.3, -0.25) is 4.79 Å². The third kappa shape index (κ3) is 4.21. The molecular weight excluding hydrogens is 297 g/mol. The summed E-state index contributed by atoms with van der Waals surface area (Å²) in [7, 11) is 0. The van der Waals surface area contributed by atoms with Crippen molar-refractivity contribution in [2.45, 2.75) is 17.7 Å². The second-order valence-corrected chi connectivity index (χ2v) is 6.34. The van der Waals surface area contributed by atoms with E-state index >= 15 is 0 Å². The highest BCUT2D eigenvalue weighted by Crippen LogP contribution is 2.23. The zero-order valence-corrected chi connectivity index (χ0v) is 12.5. The normalized spacial score (nSPS) is 10.5. The molecule has 20 heavy (non-hydrogen) atoms. The Kier molecular flexibility index (Phi) is 4.97. The molecule has 0 saturated heterocycles. The van der Waals surface area contributed by atoms with Gasteiger partial charge < -0.3 is 11.1 Å². The standard InChI is InChI=1S/C13H14FN3OS2/c1-8-7-20-13(16-8)19-5-4-12(18)17-11-6-9(15)2-3-10(11)14/h2-3,6-7H,4-5,15H2,1H3,(H,17,18). The Balaban J connectivity index is 1.82. The monoisotopic (exact) mass is 311 g/mol. The molecule has 0 aliphatic carbocycles. The van der Waals surface area contributed by atoms with Crippen LogP contribution in [0.15, 0.2) is 27.9 Å². The number of anilines is 2. The lowest BCUT2D eigenvalue weighted by Gasteiger charge is -2.06. The van der Waals surface area contributed by atoms with Gasteiger partial charge in [-0.1, -0.05) is 11.8 Å². The van der Waals surface area contributed by atoms with Crippen molar-refractivity contribution >= 4 is 40.4 Å². The number of nitrogens with one attached hydrogen (secondary N) is 1. The van der Waals surface area contributed by atoms with Crippen LogP contribution in [0.1, 0.15) is 12.1 Å². The summed E-state index contributed by atoms with van der Waals surface area (Å²) in [6.07, 6.45) is 0.289. The van der Waals surface area contributed by atoms with Crippen molar-refractivity contribution in [1.82, 2.24) is 4.98 Å². The van der Waals surface area contributed by atoms with Gasteiger partial charge >= 0.3 is 0 Å². The van der Waals surface area contributed by atoms with Crippen LogP contribution in [0.2, 0.25) is 0 Å². The van der Waals surface area contributed by atoms with Gasteiger partial charge in [-0.2, -0.15) is 0 Å². The van der Waals surface area contributed by atoms with Gasteiger partial charge in [0.05, 0.1) is 5.69 Å². The predicted octanol–water partition coefficient (Wildman–Crippen LogP) is 3.29. The second kappa shape index (κ2) is 6.71. The molecule has 0 saturated carbocycles. The van der Waals surface area contributed by atoms with E-state index in [9.17, 15) is 9.18 Å². The van der Waals surface area contributed by atoms with Crippen molar-refractivity contribution in [2.75, 3.05) is 16.8 Å². The van der Waals surface area contributed by atoms with Crippen molar-refractivity contribution in [3.8, 4) is 0 Å². The van der Waals surface area contributed by atoms with Gasteiger partial charge in [0.2, 0.25) is 5.91 Å². The summed E-state index contributed by atoms with van der Waals surface area (Å²) in [6, 6.07) is 4.09. The van der Waals surface area contributed by atoms with Crippen molar-refractivity contribution in [3.05, 3.63) is 35.1 Å². The first kappa shape index (κ1) is 14.8. The van der Waals surface area contributed by atoms with Gasteiger partial charge in [0.1, 0.15) is 10.2 Å². The molecule has 0 atom stereocenters. The van der Waals surface area contributed by atoms with Crippen LogP contribution < -0.4 is 11.1 Å². The quantitative estimate of drug-likeness (QED) is 0.657. The Labute approximate surface area is 124 Å². The number of amides is 1. The second-order valence-electron chi connectivity index (χ2n) is 4.14. The van der Waals surface area contributed by atoms with Crippen LogP contribution in [0, 0.1) is 12.7 Å². The zero-order valence-electron chi connectivity index (χ0n) is 10.9. The lowest BCUT2D eigenvalue weighted by atomic mass is 10.2. The van der Waals surface area contributed by atoms with Crippen LogP contribution in [0.5, 0.6) is 0 Å². The number of thiazole rings is 1. The molecule has 1 aromatic carbocycles. The summed E-state index contributed by atoms with van der Waals surface area (Å²) in [5, 5.41) is 4.48. The van der Waals surface area contributed by atoms with Crippen LogP contribution in [-0.2, 0) is 4.79 Å². The maximum absolute atomic E-state index is 13.4. The average molecular weight is 311 g/mol. The molecule has 0 radical (unpaired) electrons. The molecule has 3 N–H and O–H groups in total. The molecule has 7 heteroatoms. The summed E-state index contributed by atoms with van der Waals surface area (Å²) >= 11 is 3.07. The van der Waals surface area contributed by atoms with Crippen LogP contribution in [0.25, 0.3) is 0 Å². The molecule has 1 aromatic heterocycles. The molecule has 106 valence electrons. The van der Waals surface area contributed by atoms with Crippen LogP contribution in [-0.4, -0.2) is 16.6 Å². The number of hydrogen-bond donors (Lipinski definition) is 2. The molecule has 0 aliphatic heterocycles. The van der Waals surface area contributed by atoms with E-state index in [2.05, 4.69) is 10.3 Å². The number of carbonyl (C=O) groups excluding carboxylic acids is 1. The number of thioether (sulfide) groups is 1. The van der Waals surface area contributed by atoms with E-state index in [0.717, 1.165) is 10.0 Å². The maximum Gasteiger partial charge on any atom is 0.225 e. The lowest BCUT2D eigenvalue weighted by Crippen LogP contribution is -2.13. The topological polar surface area (TPSA) is 68.0 Å². The number of aromatic nitrogens is 1. The molecule has 0 fully saturated rings. The first-order valence-corrected chi connectivity index (χ1v) is 7.81. The Morgan fingerprint density at radius 2 is 2.35 bits per heavy atom. The van der Waals surface area contributed by atoms with E-state index < -0.39 is 5.82 Å². The number of carbonyl (C=O) groups is 1. The van der Waals surface area contributed by atoms with Crippen LogP contribution in [0.4, 0.5) is 15.8 Å². The SMILES string of the molecule is Cc1csc(SCCC(=O)Nc2cc(N)ccc2F)n1. The van der Waals surface area contributed by atoms with E-state index in [1.165, 1.54) is 30.0 Å². The number of aryl methyl sites for hydroxylation is 1. The molecule has 0 unspecified atom stereocenters. The van der Waals surface area contributed by atoms with Gasteiger partial charge in [-0.05, 0) is 25.1 Å². The lowest BCUT2D eigenvalue weighted by molar-refractivity contribution is -0.115. The third-order valence-electron chi connectivity index (χ3n) is 2.42. The molecule has 2 rings (SSSR count). The van der Waals surface area contributed by atoms with Gasteiger partial charge in [0.25, 0.3) is 0 Å². The van der Waals surface area contributed by atoms with E-state index in [-0.39, 0.29) is 18.0 Å². The van der Waals surface area contributed by atoms with Crippen molar-refractivity contribution in [1.29, 1.82) is 0 Å². The minimum absolute atomic E-state index is 0.116. The van der Waals surface area contributed by atoms with Gasteiger partial charge in [0.15, 0.2) is 0 Å². The van der Waals surface area contributed by atoms with Gasteiger partial charge in [-0.25, -0.2) is 9.37 Å². The molecule has 0 spiro atoms. The van der Waals surface area contributed by atoms with E-state index in [4.69, 9.17) is 5.73 Å². The molecular formula is C13H14FN3OS2. The van der Waals surface area contributed by atoms with Crippen molar-refractivity contribution in [3.63, 3.8) is 0 Å². The summed E-state index contributed by atoms with van der Waals surface area (Å²) in [4.78, 5) is 16.0. The molecule has 1 amide bonds. The van der Waals surface area contributed by atoms with E-state index in [1.54, 1.807) is 11.3 Å². The van der Waals surface area contributed by atoms with Crippen LogP contribution in [0.3, 0.4) is 0 Å². The molecule has 4 nitrogen and oxygen atoms in total. The fraction of sp³-hybridized carbons (Fsp3) is 0.231. The van der Waals surface area contributed by atoms with Gasteiger partial charge in [-0.15, -0.1) is 11.3 Å². The Morgan fingerprint density at radius 3 is 3.05 bits per heavy atom.